The second-order valence-corrected chi connectivity index (χ2v) is 5.69. The molecule has 0 aromatic heterocycles. The number of rotatable bonds is 4. The fraction of sp³-hybridized carbons (Fsp3) is 0.222. The van der Waals surface area contributed by atoms with E-state index in [0.29, 0.717) is 12.8 Å². The Morgan fingerprint density at radius 3 is 1.73 bits per heavy atom. The minimum absolute atomic E-state index is 0.501. The highest BCUT2D eigenvalue weighted by Crippen LogP contribution is 2.09. The lowest BCUT2D eigenvalue weighted by atomic mass is 10.1. The van der Waals surface area contributed by atoms with Gasteiger partial charge in [0, 0.05) is 10.7 Å². The van der Waals surface area contributed by atoms with Crippen molar-refractivity contribution in [2.45, 2.75) is 23.5 Å². The molecule has 0 saturated heterocycles. The second-order valence-electron chi connectivity index (χ2n) is 4.57. The van der Waals surface area contributed by atoms with Gasteiger partial charge >= 0.3 is 0 Å². The lowest BCUT2D eigenvalue weighted by Crippen LogP contribution is -1.83. The van der Waals surface area contributed by atoms with Crippen LogP contribution in [-0.4, -0.2) is 0 Å². The zero-order valence-corrected chi connectivity index (χ0v) is 15.3. The van der Waals surface area contributed by atoms with Crippen molar-refractivity contribution in [1.82, 2.24) is 0 Å². The summed E-state index contributed by atoms with van der Waals surface area (Å²) in [6.45, 7) is 0. The van der Waals surface area contributed by atoms with Crippen LogP contribution in [-0.2, 0) is 23.5 Å². The molecule has 0 radical (unpaired) electrons. The molecule has 22 heavy (non-hydrogen) atoms. The van der Waals surface area contributed by atoms with Crippen LogP contribution in [0.1, 0.15) is 22.3 Å². The van der Waals surface area contributed by atoms with Gasteiger partial charge in [0.05, 0.1) is 25.0 Å². The molecule has 0 saturated carbocycles. The first-order valence-corrected chi connectivity index (χ1v) is 8.99. The van der Waals surface area contributed by atoms with Gasteiger partial charge in [0.25, 0.3) is 0 Å². The quantitative estimate of drug-likeness (QED) is 0.631. The van der Waals surface area contributed by atoms with Crippen molar-refractivity contribution in [3.63, 3.8) is 0 Å². The number of hydrogen-bond donors (Lipinski definition) is 0. The molecule has 0 N–H and O–H groups in total. The highest BCUT2D eigenvalue weighted by molar-refractivity contribution is 9.08. The molecule has 112 valence electrons. The van der Waals surface area contributed by atoms with Gasteiger partial charge in [-0.15, -0.1) is 0 Å². The van der Waals surface area contributed by atoms with E-state index >= 15 is 0 Å². The summed E-state index contributed by atoms with van der Waals surface area (Å²) in [6.07, 6.45) is 1.00. The van der Waals surface area contributed by atoms with Crippen LogP contribution >= 0.6 is 31.9 Å². The van der Waals surface area contributed by atoms with E-state index < -0.39 is 0 Å². The molecule has 2 aromatic rings. The standard InChI is InChI=1S/2C9H8BrN/c10-7-9-3-1-8(2-4-9)5-6-11;10-7-9-3-1-2-8(6-9)4-5-11/h1-4H,5,7H2;1-3,6H,4,7H2. The molecule has 0 bridgehead atoms. The van der Waals surface area contributed by atoms with Crippen molar-refractivity contribution in [2.75, 3.05) is 0 Å². The smallest absolute Gasteiger partial charge is 0.0669 e. The molecule has 0 fully saturated rings. The molecule has 0 heterocycles. The Kier molecular flexibility index (Phi) is 9.23. The number of halogens is 2. The average Bonchev–Trinajstić information content (AvgIpc) is 2.57. The van der Waals surface area contributed by atoms with E-state index in [1.165, 1.54) is 11.1 Å². The van der Waals surface area contributed by atoms with Crippen molar-refractivity contribution in [1.29, 1.82) is 10.5 Å². The first kappa shape index (κ1) is 18.4. The maximum atomic E-state index is 8.42. The summed E-state index contributed by atoms with van der Waals surface area (Å²) in [5, 5.41) is 18.5. The van der Waals surface area contributed by atoms with Crippen LogP contribution in [0.25, 0.3) is 0 Å². The molecule has 2 rings (SSSR count). The summed E-state index contributed by atoms with van der Waals surface area (Å²) < 4.78 is 0. The maximum Gasteiger partial charge on any atom is 0.0669 e. The third-order valence-corrected chi connectivity index (χ3v) is 4.18. The Hall–Kier alpha value is -1.62. The molecule has 0 unspecified atom stereocenters. The van der Waals surface area contributed by atoms with Crippen molar-refractivity contribution >= 4 is 31.9 Å². The van der Waals surface area contributed by atoms with Crippen LogP contribution in [0.5, 0.6) is 0 Å². The van der Waals surface area contributed by atoms with Gasteiger partial charge in [0.2, 0.25) is 0 Å². The van der Waals surface area contributed by atoms with E-state index in [4.69, 9.17) is 10.5 Å². The summed E-state index contributed by atoms with van der Waals surface area (Å²) in [7, 11) is 0. The molecular weight excluding hydrogens is 404 g/mol. The fourth-order valence-corrected chi connectivity index (χ4v) is 2.47. The predicted molar refractivity (Wildman–Crippen MR) is 96.8 cm³/mol. The summed E-state index contributed by atoms with van der Waals surface area (Å²) >= 11 is 6.72. The van der Waals surface area contributed by atoms with Gasteiger partial charge in [-0.1, -0.05) is 80.4 Å². The zero-order chi connectivity index (χ0) is 16.2. The maximum absolute atomic E-state index is 8.42. The third-order valence-electron chi connectivity index (χ3n) is 2.89. The second kappa shape index (κ2) is 11.0. The summed E-state index contributed by atoms with van der Waals surface area (Å²) in [5.74, 6) is 0. The van der Waals surface area contributed by atoms with Gasteiger partial charge in [0.1, 0.15) is 0 Å². The summed E-state index contributed by atoms with van der Waals surface area (Å²) in [5.41, 5.74) is 4.63. The lowest BCUT2D eigenvalue weighted by molar-refractivity contribution is 1.24. The van der Waals surface area contributed by atoms with Gasteiger partial charge in [-0.25, -0.2) is 0 Å². The number of hydrogen-bond acceptors (Lipinski definition) is 2. The monoisotopic (exact) mass is 418 g/mol. The van der Waals surface area contributed by atoms with Crippen LogP contribution in [0.3, 0.4) is 0 Å². The van der Waals surface area contributed by atoms with Crippen LogP contribution in [0, 0.1) is 22.7 Å². The van der Waals surface area contributed by atoms with E-state index in [1.807, 2.05) is 48.5 Å². The molecule has 0 amide bonds. The number of nitriles is 2. The topological polar surface area (TPSA) is 47.6 Å². The molecule has 0 aliphatic heterocycles. The molecule has 4 heteroatoms. The number of alkyl halides is 2. The average molecular weight is 420 g/mol. The van der Waals surface area contributed by atoms with Gasteiger partial charge in [-0.2, -0.15) is 10.5 Å². The largest absolute Gasteiger partial charge is 0.198 e. The van der Waals surface area contributed by atoms with E-state index in [2.05, 4.69) is 44.0 Å². The first-order chi connectivity index (χ1) is 10.7. The lowest BCUT2D eigenvalue weighted by Gasteiger charge is -1.96. The number of benzene rings is 2. The Labute approximate surface area is 148 Å². The van der Waals surface area contributed by atoms with E-state index in [-0.39, 0.29) is 0 Å². The van der Waals surface area contributed by atoms with Crippen molar-refractivity contribution in [3.8, 4) is 12.1 Å². The minimum Gasteiger partial charge on any atom is -0.198 e. The Morgan fingerprint density at radius 2 is 1.18 bits per heavy atom. The van der Waals surface area contributed by atoms with Crippen molar-refractivity contribution in [2.24, 2.45) is 0 Å². The summed E-state index contributed by atoms with van der Waals surface area (Å²) in [4.78, 5) is 0. The Bertz CT molecular complexity index is 652. The van der Waals surface area contributed by atoms with Gasteiger partial charge in [0.15, 0.2) is 0 Å². The fourth-order valence-electron chi connectivity index (χ4n) is 1.75. The van der Waals surface area contributed by atoms with Gasteiger partial charge < -0.3 is 0 Å². The van der Waals surface area contributed by atoms with E-state index in [1.54, 1.807) is 0 Å². The van der Waals surface area contributed by atoms with Crippen molar-refractivity contribution < 1.29 is 0 Å². The Balaban J connectivity index is 0.000000220. The first-order valence-electron chi connectivity index (χ1n) is 6.75. The van der Waals surface area contributed by atoms with Crippen LogP contribution in [0.4, 0.5) is 0 Å². The van der Waals surface area contributed by atoms with Crippen LogP contribution < -0.4 is 0 Å². The SMILES string of the molecule is N#CCc1ccc(CBr)cc1.N#CCc1cccc(CBr)c1. The molecule has 0 spiro atoms. The molecule has 2 aromatic carbocycles. The number of nitrogens with zero attached hydrogens (tertiary/aromatic N) is 2. The highest BCUT2D eigenvalue weighted by Gasteiger charge is 1.93. The molecular formula is C18H16Br2N2. The zero-order valence-electron chi connectivity index (χ0n) is 12.1. The molecule has 0 aliphatic rings. The van der Waals surface area contributed by atoms with Crippen LogP contribution in [0.15, 0.2) is 48.5 Å². The van der Waals surface area contributed by atoms with Crippen molar-refractivity contribution in [3.05, 3.63) is 70.8 Å². The third kappa shape index (κ3) is 6.89. The van der Waals surface area contributed by atoms with E-state index in [9.17, 15) is 0 Å². The Morgan fingerprint density at radius 1 is 0.682 bits per heavy atom. The highest BCUT2D eigenvalue weighted by atomic mass is 79.9. The van der Waals surface area contributed by atoms with Crippen LogP contribution in [0.2, 0.25) is 0 Å². The summed E-state index contributed by atoms with van der Waals surface area (Å²) in [6, 6.07) is 20.3. The van der Waals surface area contributed by atoms with Gasteiger partial charge in [-0.3, -0.25) is 0 Å². The minimum atomic E-state index is 0.501. The van der Waals surface area contributed by atoms with E-state index in [0.717, 1.165) is 21.8 Å². The van der Waals surface area contributed by atoms with Gasteiger partial charge in [-0.05, 0) is 22.3 Å². The normalized spacial score (nSPS) is 9.09. The predicted octanol–water partition coefficient (Wildman–Crippen LogP) is 5.30. The molecule has 0 atom stereocenters. The molecule has 2 nitrogen and oxygen atoms in total. The molecule has 0 aliphatic carbocycles.